The van der Waals surface area contributed by atoms with E-state index in [0.29, 0.717) is 12.2 Å². The second-order valence-corrected chi connectivity index (χ2v) is 6.35. The molecule has 23 heavy (non-hydrogen) atoms. The number of amides is 2. The number of hydrogen-bond donors (Lipinski definition) is 2. The van der Waals surface area contributed by atoms with Gasteiger partial charge in [0.2, 0.25) is 0 Å². The molecule has 2 N–H and O–H groups in total. The molecule has 5 heteroatoms. The monoisotopic (exact) mass is 374 g/mol. The van der Waals surface area contributed by atoms with Gasteiger partial charge in [0.05, 0.1) is 0 Å². The van der Waals surface area contributed by atoms with Gasteiger partial charge in [-0.2, -0.15) is 0 Å². The van der Waals surface area contributed by atoms with Crippen LogP contribution in [-0.2, 0) is 9.59 Å². The second kappa shape index (κ2) is 7.92. The highest BCUT2D eigenvalue weighted by Crippen LogP contribution is 2.20. The first-order valence-electron chi connectivity index (χ1n) is 7.37. The van der Waals surface area contributed by atoms with Crippen LogP contribution >= 0.6 is 15.9 Å². The van der Waals surface area contributed by atoms with Crippen LogP contribution in [0, 0.1) is 6.92 Å². The summed E-state index contributed by atoms with van der Waals surface area (Å²) in [4.78, 5) is 23.9. The van der Waals surface area contributed by atoms with Crippen LogP contribution in [0.25, 0.3) is 0 Å². The van der Waals surface area contributed by atoms with E-state index in [1.165, 1.54) is 0 Å². The molecule has 0 heterocycles. The standard InChI is InChI=1S/C18H19BrN2O2/c1-12-10-15(19)8-9-16(12)21-18(23)17(22)20-11-13(2)14-6-4-3-5-7-14/h3-10,13H,11H2,1-2H3,(H,20,22)(H,21,23)/t13-/m1/s1. The minimum absolute atomic E-state index is 0.141. The number of hydrogen-bond acceptors (Lipinski definition) is 2. The van der Waals surface area contributed by atoms with Crippen LogP contribution in [0.3, 0.4) is 0 Å². The highest BCUT2D eigenvalue weighted by Gasteiger charge is 2.16. The molecular weight excluding hydrogens is 356 g/mol. The van der Waals surface area contributed by atoms with Gasteiger partial charge in [-0.25, -0.2) is 0 Å². The molecule has 2 aromatic carbocycles. The number of rotatable bonds is 4. The Morgan fingerprint density at radius 1 is 1.09 bits per heavy atom. The predicted octanol–water partition coefficient (Wildman–Crippen LogP) is 3.62. The van der Waals surface area contributed by atoms with Gasteiger partial charge in [0, 0.05) is 16.7 Å². The third-order valence-corrected chi connectivity index (χ3v) is 4.07. The van der Waals surface area contributed by atoms with Crippen LogP contribution in [0.15, 0.2) is 53.0 Å². The quantitative estimate of drug-likeness (QED) is 0.802. The third-order valence-electron chi connectivity index (χ3n) is 3.58. The molecule has 0 aliphatic heterocycles. The molecule has 2 aromatic rings. The summed E-state index contributed by atoms with van der Waals surface area (Å²) < 4.78 is 0.925. The Morgan fingerprint density at radius 3 is 2.43 bits per heavy atom. The van der Waals surface area contributed by atoms with Crippen molar-refractivity contribution in [3.63, 3.8) is 0 Å². The number of carbonyl (C=O) groups is 2. The van der Waals surface area contributed by atoms with Crippen molar-refractivity contribution in [1.82, 2.24) is 5.32 Å². The van der Waals surface area contributed by atoms with Crippen LogP contribution in [0.2, 0.25) is 0 Å². The highest BCUT2D eigenvalue weighted by molar-refractivity contribution is 9.10. The van der Waals surface area contributed by atoms with Gasteiger partial charge in [-0.05, 0) is 42.2 Å². The van der Waals surface area contributed by atoms with Crippen molar-refractivity contribution in [3.05, 3.63) is 64.1 Å². The van der Waals surface area contributed by atoms with E-state index in [1.807, 2.05) is 56.3 Å². The third kappa shape index (κ3) is 4.93. The number of anilines is 1. The van der Waals surface area contributed by atoms with Crippen molar-refractivity contribution in [2.45, 2.75) is 19.8 Å². The molecule has 0 spiro atoms. The van der Waals surface area contributed by atoms with Crippen molar-refractivity contribution in [2.24, 2.45) is 0 Å². The molecule has 120 valence electrons. The van der Waals surface area contributed by atoms with Gasteiger partial charge in [-0.3, -0.25) is 9.59 Å². The maximum Gasteiger partial charge on any atom is 0.313 e. The first-order chi connectivity index (χ1) is 11.0. The molecule has 4 nitrogen and oxygen atoms in total. The Labute approximate surface area is 144 Å². The summed E-state index contributed by atoms with van der Waals surface area (Å²) in [5, 5.41) is 5.30. The normalized spacial score (nSPS) is 11.6. The topological polar surface area (TPSA) is 58.2 Å². The van der Waals surface area contributed by atoms with E-state index in [0.717, 1.165) is 15.6 Å². The van der Waals surface area contributed by atoms with Gasteiger partial charge in [-0.1, -0.05) is 53.2 Å². The summed E-state index contributed by atoms with van der Waals surface area (Å²) in [6.07, 6.45) is 0. The van der Waals surface area contributed by atoms with Crippen molar-refractivity contribution in [3.8, 4) is 0 Å². The number of halogens is 1. The lowest BCUT2D eigenvalue weighted by atomic mass is 10.0. The van der Waals surface area contributed by atoms with Crippen molar-refractivity contribution in [1.29, 1.82) is 0 Å². The number of aryl methyl sites for hydroxylation is 1. The van der Waals surface area contributed by atoms with E-state index in [2.05, 4.69) is 26.6 Å². The van der Waals surface area contributed by atoms with E-state index in [4.69, 9.17) is 0 Å². The van der Waals surface area contributed by atoms with Gasteiger partial charge in [0.25, 0.3) is 0 Å². The molecule has 2 rings (SSSR count). The fraction of sp³-hybridized carbons (Fsp3) is 0.222. The fourth-order valence-corrected chi connectivity index (χ4v) is 2.65. The molecule has 0 bridgehead atoms. The summed E-state index contributed by atoms with van der Waals surface area (Å²) in [6.45, 7) is 4.29. The summed E-state index contributed by atoms with van der Waals surface area (Å²) in [5.74, 6) is -1.15. The molecular formula is C18H19BrN2O2. The lowest BCUT2D eigenvalue weighted by Gasteiger charge is -2.13. The zero-order valence-electron chi connectivity index (χ0n) is 13.1. The Balaban J connectivity index is 1.89. The first-order valence-corrected chi connectivity index (χ1v) is 8.17. The summed E-state index contributed by atoms with van der Waals surface area (Å²) in [7, 11) is 0. The summed E-state index contributed by atoms with van der Waals surface area (Å²) >= 11 is 3.36. The molecule has 1 atom stereocenters. The molecule has 0 fully saturated rings. The SMILES string of the molecule is Cc1cc(Br)ccc1NC(=O)C(=O)NC[C@@H](C)c1ccccc1. The Hall–Kier alpha value is -2.14. The first kappa shape index (κ1) is 17.2. The highest BCUT2D eigenvalue weighted by atomic mass is 79.9. The molecule has 0 aliphatic rings. The van der Waals surface area contributed by atoms with Crippen LogP contribution in [0.5, 0.6) is 0 Å². The molecule has 0 aliphatic carbocycles. The summed E-state index contributed by atoms with van der Waals surface area (Å²) in [6, 6.07) is 15.3. The number of nitrogens with one attached hydrogen (secondary N) is 2. The zero-order chi connectivity index (χ0) is 16.8. The van der Waals surface area contributed by atoms with Crippen molar-refractivity contribution < 1.29 is 9.59 Å². The van der Waals surface area contributed by atoms with Gasteiger partial charge in [0.15, 0.2) is 0 Å². The molecule has 2 amide bonds. The van der Waals surface area contributed by atoms with Crippen LogP contribution in [0.1, 0.15) is 24.0 Å². The van der Waals surface area contributed by atoms with E-state index in [1.54, 1.807) is 6.07 Å². The second-order valence-electron chi connectivity index (χ2n) is 5.44. The van der Waals surface area contributed by atoms with E-state index in [9.17, 15) is 9.59 Å². The van der Waals surface area contributed by atoms with Crippen LogP contribution in [0.4, 0.5) is 5.69 Å². The molecule has 0 aromatic heterocycles. The van der Waals surface area contributed by atoms with E-state index in [-0.39, 0.29) is 5.92 Å². The summed E-state index contributed by atoms with van der Waals surface area (Å²) in [5.41, 5.74) is 2.64. The average Bonchev–Trinajstić information content (AvgIpc) is 2.55. The zero-order valence-corrected chi connectivity index (χ0v) is 14.7. The minimum Gasteiger partial charge on any atom is -0.347 e. The molecule has 0 saturated heterocycles. The maximum atomic E-state index is 12.0. The number of benzene rings is 2. The predicted molar refractivity (Wildman–Crippen MR) is 95.4 cm³/mol. The average molecular weight is 375 g/mol. The molecule has 0 saturated carbocycles. The Morgan fingerprint density at radius 2 is 1.78 bits per heavy atom. The lowest BCUT2D eigenvalue weighted by molar-refractivity contribution is -0.136. The van der Waals surface area contributed by atoms with Crippen molar-refractivity contribution in [2.75, 3.05) is 11.9 Å². The Kier molecular flexibility index (Phi) is 5.93. The lowest BCUT2D eigenvalue weighted by Crippen LogP contribution is -2.37. The van der Waals surface area contributed by atoms with Gasteiger partial charge < -0.3 is 10.6 Å². The fourth-order valence-electron chi connectivity index (χ4n) is 2.17. The van der Waals surface area contributed by atoms with Crippen molar-refractivity contribution >= 4 is 33.4 Å². The van der Waals surface area contributed by atoms with E-state index >= 15 is 0 Å². The van der Waals surface area contributed by atoms with Crippen LogP contribution in [-0.4, -0.2) is 18.4 Å². The van der Waals surface area contributed by atoms with E-state index < -0.39 is 11.8 Å². The van der Waals surface area contributed by atoms with Gasteiger partial charge in [0.1, 0.15) is 0 Å². The molecule has 0 radical (unpaired) electrons. The van der Waals surface area contributed by atoms with Gasteiger partial charge >= 0.3 is 11.8 Å². The number of carbonyl (C=O) groups excluding carboxylic acids is 2. The maximum absolute atomic E-state index is 12.0. The largest absolute Gasteiger partial charge is 0.347 e. The smallest absolute Gasteiger partial charge is 0.313 e. The Bertz CT molecular complexity index is 701. The van der Waals surface area contributed by atoms with Gasteiger partial charge in [-0.15, -0.1) is 0 Å². The van der Waals surface area contributed by atoms with Crippen LogP contribution < -0.4 is 10.6 Å². The minimum atomic E-state index is -0.657. The molecule has 0 unspecified atom stereocenters.